The average molecular weight is 476 g/mol. The number of benzene rings is 1. The zero-order valence-electron chi connectivity index (χ0n) is 19.2. The van der Waals surface area contributed by atoms with Crippen molar-refractivity contribution in [2.24, 2.45) is 7.05 Å². The molecule has 0 saturated heterocycles. The van der Waals surface area contributed by atoms with Gasteiger partial charge in [0.1, 0.15) is 0 Å². The van der Waals surface area contributed by atoms with Crippen LogP contribution < -0.4 is 4.74 Å². The molecule has 2 atom stereocenters. The van der Waals surface area contributed by atoms with Crippen molar-refractivity contribution < 1.29 is 27.1 Å². The van der Waals surface area contributed by atoms with Crippen molar-refractivity contribution in [1.29, 1.82) is 0 Å². The Morgan fingerprint density at radius 2 is 1.76 bits per heavy atom. The lowest BCUT2D eigenvalue weighted by atomic mass is 9.87. The number of halogens is 4. The predicted octanol–water partition coefficient (Wildman–Crippen LogP) is 4.98. The molecule has 0 N–H and O–H groups in total. The summed E-state index contributed by atoms with van der Waals surface area (Å²) >= 11 is 0. The zero-order chi connectivity index (χ0) is 24.7. The summed E-state index contributed by atoms with van der Waals surface area (Å²) in [5.74, 6) is -5.45. The standard InChI is InChI=1S/C24H24F4N4O2/c1-5-14-10-15-21(30-31(3)22(15)12-7-16(25)20(28)17(26)8-12)19(6-2)32(14)24(33)13-9-18(27)23(34-4)29-11-13/h7-9,11,14,19H,5-6,10H2,1-4H3. The van der Waals surface area contributed by atoms with E-state index in [0.717, 1.165) is 23.8 Å². The minimum atomic E-state index is -1.53. The molecule has 34 heavy (non-hydrogen) atoms. The van der Waals surface area contributed by atoms with E-state index in [1.807, 2.05) is 13.8 Å². The Morgan fingerprint density at radius 3 is 2.32 bits per heavy atom. The van der Waals surface area contributed by atoms with Crippen molar-refractivity contribution in [2.75, 3.05) is 7.11 Å². The third kappa shape index (κ3) is 3.80. The lowest BCUT2D eigenvalue weighted by molar-refractivity contribution is 0.0512. The van der Waals surface area contributed by atoms with Gasteiger partial charge in [-0.25, -0.2) is 22.5 Å². The van der Waals surface area contributed by atoms with E-state index >= 15 is 0 Å². The molecule has 0 fully saturated rings. The molecule has 2 aromatic heterocycles. The number of aryl methyl sites for hydroxylation is 1. The summed E-state index contributed by atoms with van der Waals surface area (Å²) in [6, 6.07) is 2.24. The zero-order valence-corrected chi connectivity index (χ0v) is 19.2. The maximum atomic E-state index is 14.3. The SMILES string of the molecule is CCC1Cc2c(nn(C)c2-c2cc(F)c(F)c(F)c2)C(CC)N1C(=O)c1cnc(OC)c(F)c1. The number of carbonyl (C=O) groups excluding carboxylic acids is 1. The molecule has 1 aromatic carbocycles. The Labute approximate surface area is 194 Å². The molecule has 6 nitrogen and oxygen atoms in total. The minimum Gasteiger partial charge on any atom is -0.479 e. The summed E-state index contributed by atoms with van der Waals surface area (Å²) in [5, 5.41) is 4.58. The van der Waals surface area contributed by atoms with Crippen LogP contribution >= 0.6 is 0 Å². The van der Waals surface area contributed by atoms with Crippen LogP contribution in [-0.2, 0) is 13.5 Å². The Bertz CT molecular complexity index is 1240. The molecule has 1 aliphatic rings. The molecule has 3 aromatic rings. The minimum absolute atomic E-state index is 0.0810. The molecule has 2 unspecified atom stereocenters. The van der Waals surface area contributed by atoms with E-state index in [2.05, 4.69) is 10.1 Å². The number of amides is 1. The second-order valence-electron chi connectivity index (χ2n) is 8.21. The second-order valence-corrected chi connectivity index (χ2v) is 8.21. The van der Waals surface area contributed by atoms with Crippen molar-refractivity contribution in [3.8, 4) is 17.1 Å². The van der Waals surface area contributed by atoms with E-state index < -0.39 is 35.2 Å². The fraction of sp³-hybridized carbons (Fsp3) is 0.375. The Kier molecular flexibility index (Phi) is 6.33. The molecule has 0 bridgehead atoms. The average Bonchev–Trinajstić information content (AvgIpc) is 3.15. The highest BCUT2D eigenvalue weighted by atomic mass is 19.2. The van der Waals surface area contributed by atoms with Crippen LogP contribution in [0.2, 0.25) is 0 Å². The highest BCUT2D eigenvalue weighted by molar-refractivity contribution is 5.95. The third-order valence-electron chi connectivity index (χ3n) is 6.26. The molecule has 4 rings (SSSR count). The monoisotopic (exact) mass is 476 g/mol. The van der Waals surface area contributed by atoms with Gasteiger partial charge in [0.25, 0.3) is 5.91 Å². The maximum absolute atomic E-state index is 14.3. The van der Waals surface area contributed by atoms with Crippen LogP contribution in [0.5, 0.6) is 5.88 Å². The first-order valence-electron chi connectivity index (χ1n) is 10.9. The number of fused-ring (bicyclic) bond motifs is 1. The van der Waals surface area contributed by atoms with Crippen molar-refractivity contribution >= 4 is 5.91 Å². The lowest BCUT2D eigenvalue weighted by Crippen LogP contribution is -2.47. The number of pyridine rings is 1. The van der Waals surface area contributed by atoms with Gasteiger partial charge in [-0.1, -0.05) is 13.8 Å². The van der Waals surface area contributed by atoms with Gasteiger partial charge < -0.3 is 9.64 Å². The summed E-state index contributed by atoms with van der Waals surface area (Å²) in [6.07, 6.45) is 2.72. The Morgan fingerprint density at radius 1 is 1.09 bits per heavy atom. The first-order valence-corrected chi connectivity index (χ1v) is 10.9. The number of hydrogen-bond donors (Lipinski definition) is 0. The molecular formula is C24H24F4N4O2. The molecule has 3 heterocycles. The van der Waals surface area contributed by atoms with Crippen LogP contribution in [0.25, 0.3) is 11.3 Å². The number of ether oxygens (including phenoxy) is 1. The van der Waals surface area contributed by atoms with Crippen LogP contribution in [0.4, 0.5) is 17.6 Å². The molecule has 0 radical (unpaired) electrons. The molecule has 1 amide bonds. The van der Waals surface area contributed by atoms with Crippen molar-refractivity contribution in [3.63, 3.8) is 0 Å². The Balaban J connectivity index is 1.81. The van der Waals surface area contributed by atoms with Crippen molar-refractivity contribution in [1.82, 2.24) is 19.7 Å². The topological polar surface area (TPSA) is 60.2 Å². The normalized spacial score (nSPS) is 17.6. The third-order valence-corrected chi connectivity index (χ3v) is 6.26. The Hall–Kier alpha value is -3.43. The van der Waals surface area contributed by atoms with Gasteiger partial charge in [0, 0.05) is 30.4 Å². The van der Waals surface area contributed by atoms with Gasteiger partial charge >= 0.3 is 0 Å². The largest absolute Gasteiger partial charge is 0.479 e. The first kappa shape index (κ1) is 23.7. The first-order chi connectivity index (χ1) is 16.2. The molecule has 0 saturated carbocycles. The summed E-state index contributed by atoms with van der Waals surface area (Å²) in [4.78, 5) is 19.0. The van der Waals surface area contributed by atoms with Gasteiger partial charge in [-0.2, -0.15) is 5.10 Å². The molecule has 0 aliphatic carbocycles. The maximum Gasteiger partial charge on any atom is 0.256 e. The fourth-order valence-corrected chi connectivity index (χ4v) is 4.71. The summed E-state index contributed by atoms with van der Waals surface area (Å²) in [5.41, 5.74) is 2.05. The smallest absolute Gasteiger partial charge is 0.256 e. The van der Waals surface area contributed by atoms with E-state index in [0.29, 0.717) is 30.7 Å². The summed E-state index contributed by atoms with van der Waals surface area (Å²) in [6.45, 7) is 3.81. The number of hydrogen-bond acceptors (Lipinski definition) is 4. The van der Waals surface area contributed by atoms with Gasteiger partial charge in [-0.05, 0) is 37.5 Å². The number of rotatable bonds is 5. The van der Waals surface area contributed by atoms with E-state index in [1.54, 1.807) is 11.9 Å². The predicted molar refractivity (Wildman–Crippen MR) is 116 cm³/mol. The quantitative estimate of drug-likeness (QED) is 0.385. The number of methoxy groups -OCH3 is 1. The fourth-order valence-electron chi connectivity index (χ4n) is 4.71. The van der Waals surface area contributed by atoms with Crippen LogP contribution in [0.15, 0.2) is 24.4 Å². The van der Waals surface area contributed by atoms with Gasteiger partial charge in [-0.3, -0.25) is 9.48 Å². The second kappa shape index (κ2) is 9.08. The van der Waals surface area contributed by atoms with Crippen LogP contribution in [0.3, 0.4) is 0 Å². The molecular weight excluding hydrogens is 452 g/mol. The van der Waals surface area contributed by atoms with Gasteiger partial charge in [0.2, 0.25) is 5.88 Å². The van der Waals surface area contributed by atoms with Gasteiger partial charge in [0.15, 0.2) is 23.3 Å². The van der Waals surface area contributed by atoms with E-state index in [4.69, 9.17) is 4.74 Å². The number of aromatic nitrogens is 3. The van der Waals surface area contributed by atoms with Crippen molar-refractivity contribution in [3.05, 3.63) is 64.5 Å². The highest BCUT2D eigenvalue weighted by Crippen LogP contribution is 2.41. The summed E-state index contributed by atoms with van der Waals surface area (Å²) < 4.78 is 62.1. The number of nitrogens with zero attached hydrogens (tertiary/aromatic N) is 4. The van der Waals surface area contributed by atoms with E-state index in [9.17, 15) is 22.4 Å². The van der Waals surface area contributed by atoms with Crippen LogP contribution in [0, 0.1) is 23.3 Å². The molecule has 1 aliphatic heterocycles. The van der Waals surface area contributed by atoms with Crippen LogP contribution in [-0.4, -0.2) is 38.7 Å². The van der Waals surface area contributed by atoms with Gasteiger partial charge in [0.05, 0.1) is 30.1 Å². The van der Waals surface area contributed by atoms with E-state index in [-0.39, 0.29) is 23.0 Å². The molecule has 180 valence electrons. The van der Waals surface area contributed by atoms with E-state index in [1.165, 1.54) is 18.0 Å². The highest BCUT2D eigenvalue weighted by Gasteiger charge is 2.40. The molecule has 0 spiro atoms. The molecule has 10 heteroatoms. The summed E-state index contributed by atoms with van der Waals surface area (Å²) in [7, 11) is 2.92. The van der Waals surface area contributed by atoms with Crippen molar-refractivity contribution in [2.45, 2.75) is 45.2 Å². The number of carbonyl (C=O) groups is 1. The lowest BCUT2D eigenvalue weighted by Gasteiger charge is -2.41. The van der Waals surface area contributed by atoms with Gasteiger partial charge in [-0.15, -0.1) is 0 Å². The van der Waals surface area contributed by atoms with Crippen LogP contribution in [0.1, 0.15) is 54.3 Å².